The summed E-state index contributed by atoms with van der Waals surface area (Å²) in [7, 11) is 0. The van der Waals surface area contributed by atoms with Gasteiger partial charge in [-0.25, -0.2) is 0 Å². The van der Waals surface area contributed by atoms with E-state index in [2.05, 4.69) is 21.9 Å². The molecule has 4 saturated heterocycles. The highest BCUT2D eigenvalue weighted by Crippen LogP contribution is 2.48. The van der Waals surface area contributed by atoms with Crippen LogP contribution in [0.15, 0.2) is 42.5 Å². The Balaban J connectivity index is 1.38. The number of benzene rings is 2. The molecule has 2 bridgehead atoms. The molecular weight excluding hydrogens is 364 g/mol. The number of carbonyl (C=O) groups is 1. The number of hydrogen-bond acceptors (Lipinski definition) is 4. The number of fused-ring (bicyclic) bond motifs is 3. The molecule has 2 aromatic rings. The van der Waals surface area contributed by atoms with Crippen LogP contribution in [0, 0.1) is 12.8 Å². The standard InChI is InChI=1S/C24H26N2O3/c1-15-3-2-4-18(11-15)24(27)26-13-19(17-5-6-20-21(12-17)29-14-28-20)23-22(26)16-7-9-25(23)10-8-16/h2-6,11-12,16,19,22-23H,7-10,13-14H2,1H3/t19-,22+,23+/m1/s1. The first-order chi connectivity index (χ1) is 14.2. The molecule has 29 heavy (non-hydrogen) atoms. The SMILES string of the molecule is Cc1cccc(C(=O)N2C[C@H](c3ccc4c(c3)OCO4)[C@H]3[C@@H]2C2CCN3CC2)c1. The van der Waals surface area contributed by atoms with Crippen molar-refractivity contribution in [2.45, 2.75) is 37.8 Å². The van der Waals surface area contributed by atoms with E-state index < -0.39 is 0 Å². The Labute approximate surface area is 171 Å². The van der Waals surface area contributed by atoms with Crippen LogP contribution >= 0.6 is 0 Å². The quantitative estimate of drug-likeness (QED) is 0.788. The Morgan fingerprint density at radius 1 is 1.00 bits per heavy atom. The second-order valence-electron chi connectivity index (χ2n) is 8.90. The minimum absolute atomic E-state index is 0.181. The van der Waals surface area contributed by atoms with Crippen LogP contribution in [0.5, 0.6) is 11.5 Å². The van der Waals surface area contributed by atoms with Crippen molar-refractivity contribution in [1.82, 2.24) is 9.80 Å². The average Bonchev–Trinajstić information content (AvgIpc) is 3.39. The molecule has 5 heteroatoms. The van der Waals surface area contributed by atoms with Crippen LogP contribution in [0.2, 0.25) is 0 Å². The summed E-state index contributed by atoms with van der Waals surface area (Å²) in [4.78, 5) is 18.4. The van der Waals surface area contributed by atoms with Crippen molar-refractivity contribution in [3.05, 3.63) is 59.2 Å². The molecule has 0 saturated carbocycles. The Bertz CT molecular complexity index is 966. The summed E-state index contributed by atoms with van der Waals surface area (Å²) in [6.07, 6.45) is 2.40. The number of nitrogens with zero attached hydrogens (tertiary/aromatic N) is 2. The van der Waals surface area contributed by atoms with Gasteiger partial charge in [0.25, 0.3) is 5.91 Å². The molecule has 0 N–H and O–H groups in total. The van der Waals surface area contributed by atoms with Crippen LogP contribution in [-0.4, -0.2) is 54.2 Å². The van der Waals surface area contributed by atoms with Crippen LogP contribution in [0.25, 0.3) is 0 Å². The smallest absolute Gasteiger partial charge is 0.254 e. The van der Waals surface area contributed by atoms with Crippen molar-refractivity contribution in [2.24, 2.45) is 5.92 Å². The van der Waals surface area contributed by atoms with Gasteiger partial charge in [0.15, 0.2) is 11.5 Å². The van der Waals surface area contributed by atoms with E-state index in [4.69, 9.17) is 9.47 Å². The number of ether oxygens (including phenoxy) is 2. The number of aryl methyl sites for hydroxylation is 1. The van der Waals surface area contributed by atoms with Crippen molar-refractivity contribution in [3.8, 4) is 11.5 Å². The van der Waals surface area contributed by atoms with Crippen molar-refractivity contribution in [3.63, 3.8) is 0 Å². The highest BCUT2D eigenvalue weighted by atomic mass is 16.7. The molecule has 0 aromatic heterocycles. The maximum Gasteiger partial charge on any atom is 0.254 e. The maximum absolute atomic E-state index is 13.6. The largest absolute Gasteiger partial charge is 0.454 e. The Morgan fingerprint density at radius 2 is 1.83 bits per heavy atom. The Hall–Kier alpha value is -2.53. The average molecular weight is 390 g/mol. The van der Waals surface area contributed by atoms with Gasteiger partial charge in [-0.3, -0.25) is 9.69 Å². The second kappa shape index (κ2) is 6.49. The monoisotopic (exact) mass is 390 g/mol. The summed E-state index contributed by atoms with van der Waals surface area (Å²) in [5.74, 6) is 2.75. The molecule has 1 amide bonds. The fraction of sp³-hybridized carbons (Fsp3) is 0.458. The highest BCUT2D eigenvalue weighted by molar-refractivity contribution is 5.95. The molecule has 5 nitrogen and oxygen atoms in total. The number of piperidine rings is 3. The number of amides is 1. The zero-order valence-corrected chi connectivity index (χ0v) is 16.7. The van der Waals surface area contributed by atoms with Crippen molar-refractivity contribution in [1.29, 1.82) is 0 Å². The zero-order valence-electron chi connectivity index (χ0n) is 16.7. The van der Waals surface area contributed by atoms with Gasteiger partial charge in [-0.05, 0) is 68.6 Å². The minimum Gasteiger partial charge on any atom is -0.454 e. The van der Waals surface area contributed by atoms with Gasteiger partial charge < -0.3 is 14.4 Å². The summed E-state index contributed by atoms with van der Waals surface area (Å²) in [6.45, 7) is 5.42. The van der Waals surface area contributed by atoms with E-state index in [9.17, 15) is 4.79 Å². The van der Waals surface area contributed by atoms with Gasteiger partial charge >= 0.3 is 0 Å². The third-order valence-electron chi connectivity index (χ3n) is 7.34. The van der Waals surface area contributed by atoms with E-state index in [0.29, 0.717) is 30.7 Å². The lowest BCUT2D eigenvalue weighted by Gasteiger charge is -2.51. The lowest BCUT2D eigenvalue weighted by atomic mass is 9.75. The fourth-order valence-corrected chi connectivity index (χ4v) is 6.04. The third-order valence-corrected chi connectivity index (χ3v) is 7.34. The molecular formula is C24H26N2O3. The molecule has 5 aliphatic rings. The summed E-state index contributed by atoms with van der Waals surface area (Å²) < 4.78 is 11.1. The van der Waals surface area contributed by atoms with Gasteiger partial charge in [-0.15, -0.1) is 0 Å². The van der Waals surface area contributed by atoms with E-state index in [1.165, 1.54) is 18.4 Å². The van der Waals surface area contributed by atoms with Crippen LogP contribution in [-0.2, 0) is 0 Å². The molecule has 3 atom stereocenters. The fourth-order valence-electron chi connectivity index (χ4n) is 6.04. The molecule has 5 aliphatic heterocycles. The zero-order chi connectivity index (χ0) is 19.5. The van der Waals surface area contributed by atoms with E-state index in [1.807, 2.05) is 37.3 Å². The van der Waals surface area contributed by atoms with Gasteiger partial charge in [0.2, 0.25) is 6.79 Å². The summed E-state index contributed by atoms with van der Waals surface area (Å²) >= 11 is 0. The number of rotatable bonds is 2. The van der Waals surface area contributed by atoms with E-state index in [1.54, 1.807) is 0 Å². The van der Waals surface area contributed by atoms with E-state index in [0.717, 1.165) is 42.3 Å². The minimum atomic E-state index is 0.181. The molecule has 7 rings (SSSR count). The first-order valence-corrected chi connectivity index (χ1v) is 10.7. The number of likely N-dealkylation sites (tertiary alicyclic amines) is 1. The Morgan fingerprint density at radius 3 is 2.66 bits per heavy atom. The molecule has 0 unspecified atom stereocenters. The number of carbonyl (C=O) groups excluding carboxylic acids is 1. The van der Waals surface area contributed by atoms with Crippen molar-refractivity contribution >= 4 is 5.91 Å². The highest BCUT2D eigenvalue weighted by Gasteiger charge is 2.54. The van der Waals surface area contributed by atoms with Crippen molar-refractivity contribution < 1.29 is 14.3 Å². The van der Waals surface area contributed by atoms with Gasteiger partial charge in [0, 0.05) is 24.1 Å². The first-order valence-electron chi connectivity index (χ1n) is 10.7. The van der Waals surface area contributed by atoms with Crippen molar-refractivity contribution in [2.75, 3.05) is 26.4 Å². The summed E-state index contributed by atoms with van der Waals surface area (Å²) in [5.41, 5.74) is 3.20. The summed E-state index contributed by atoms with van der Waals surface area (Å²) in [5, 5.41) is 0. The topological polar surface area (TPSA) is 42.0 Å². The molecule has 2 aromatic carbocycles. The lowest BCUT2D eigenvalue weighted by molar-refractivity contribution is -0.00341. The molecule has 0 radical (unpaired) electrons. The predicted molar refractivity (Wildman–Crippen MR) is 109 cm³/mol. The summed E-state index contributed by atoms with van der Waals surface area (Å²) in [6, 6.07) is 15.0. The van der Waals surface area contributed by atoms with Crippen LogP contribution in [0.3, 0.4) is 0 Å². The lowest BCUT2D eigenvalue weighted by Crippen LogP contribution is -2.60. The molecule has 4 fully saturated rings. The molecule has 150 valence electrons. The van der Waals surface area contributed by atoms with Gasteiger partial charge in [-0.2, -0.15) is 0 Å². The first kappa shape index (κ1) is 17.3. The normalized spacial score (nSPS) is 31.8. The molecule has 5 heterocycles. The van der Waals surface area contributed by atoms with Crippen LogP contribution in [0.4, 0.5) is 0 Å². The van der Waals surface area contributed by atoms with E-state index >= 15 is 0 Å². The van der Waals surface area contributed by atoms with Gasteiger partial charge in [0.1, 0.15) is 0 Å². The molecule has 0 aliphatic carbocycles. The number of hydrogen-bond donors (Lipinski definition) is 0. The van der Waals surface area contributed by atoms with Gasteiger partial charge in [0.05, 0.1) is 6.04 Å². The molecule has 0 spiro atoms. The van der Waals surface area contributed by atoms with Gasteiger partial charge in [-0.1, -0.05) is 23.8 Å². The maximum atomic E-state index is 13.6. The second-order valence-corrected chi connectivity index (χ2v) is 8.90. The Kier molecular flexibility index (Phi) is 3.88. The van der Waals surface area contributed by atoms with E-state index in [-0.39, 0.29) is 5.91 Å². The van der Waals surface area contributed by atoms with Crippen LogP contribution in [0.1, 0.15) is 40.2 Å². The predicted octanol–water partition coefficient (Wildman–Crippen LogP) is 3.43. The third kappa shape index (κ3) is 2.67. The van der Waals surface area contributed by atoms with Crippen LogP contribution < -0.4 is 9.47 Å².